The summed E-state index contributed by atoms with van der Waals surface area (Å²) in [6.07, 6.45) is 0. The topological polar surface area (TPSA) is 58.3 Å². The fraction of sp³-hybridized carbons (Fsp3) is 0.375. The highest BCUT2D eigenvalue weighted by atomic mass is 15.3. The molecule has 0 saturated carbocycles. The number of piperazine rings is 1. The summed E-state index contributed by atoms with van der Waals surface area (Å²) in [5, 5.41) is 0. The quantitative estimate of drug-likeness (QED) is 0.926. The third kappa shape index (κ3) is 3.13. The van der Waals surface area contributed by atoms with Crippen molar-refractivity contribution in [2.24, 2.45) is 5.73 Å². The molecule has 2 heterocycles. The van der Waals surface area contributed by atoms with E-state index in [0.717, 1.165) is 43.5 Å². The summed E-state index contributed by atoms with van der Waals surface area (Å²) < 4.78 is 0. The highest BCUT2D eigenvalue weighted by molar-refractivity contribution is 5.48. The Balaban J connectivity index is 1.70. The molecule has 21 heavy (non-hydrogen) atoms. The number of para-hydroxylation sites is 1. The van der Waals surface area contributed by atoms with Crippen LogP contribution >= 0.6 is 0 Å². The molecule has 0 amide bonds. The number of nitrogens with zero attached hydrogens (tertiary/aromatic N) is 4. The van der Waals surface area contributed by atoms with Gasteiger partial charge in [0.05, 0.1) is 5.69 Å². The summed E-state index contributed by atoms with van der Waals surface area (Å²) in [5.41, 5.74) is 8.86. The number of nitrogens with two attached hydrogens (primary N) is 1. The Morgan fingerprint density at radius 3 is 2.33 bits per heavy atom. The molecule has 0 spiro atoms. The molecule has 1 aliphatic rings. The first-order valence-corrected chi connectivity index (χ1v) is 7.36. The molecule has 0 unspecified atom stereocenters. The van der Waals surface area contributed by atoms with Gasteiger partial charge in [-0.1, -0.05) is 18.2 Å². The van der Waals surface area contributed by atoms with Crippen molar-refractivity contribution < 1.29 is 0 Å². The first-order valence-electron chi connectivity index (χ1n) is 7.36. The predicted molar refractivity (Wildman–Crippen MR) is 85.5 cm³/mol. The molecule has 2 aromatic rings. The fourth-order valence-corrected chi connectivity index (χ4v) is 2.67. The van der Waals surface area contributed by atoms with Crippen LogP contribution in [0, 0.1) is 6.92 Å². The lowest BCUT2D eigenvalue weighted by Crippen LogP contribution is -2.47. The van der Waals surface area contributed by atoms with E-state index < -0.39 is 0 Å². The van der Waals surface area contributed by atoms with Gasteiger partial charge in [0.1, 0.15) is 0 Å². The van der Waals surface area contributed by atoms with Gasteiger partial charge in [-0.2, -0.15) is 0 Å². The molecule has 1 saturated heterocycles. The molecular weight excluding hydrogens is 262 g/mol. The first kappa shape index (κ1) is 13.8. The van der Waals surface area contributed by atoms with E-state index in [-0.39, 0.29) is 0 Å². The van der Waals surface area contributed by atoms with Gasteiger partial charge in [-0.15, -0.1) is 0 Å². The Morgan fingerprint density at radius 1 is 1.00 bits per heavy atom. The Hall–Kier alpha value is -2.14. The van der Waals surface area contributed by atoms with E-state index in [1.54, 1.807) is 0 Å². The van der Waals surface area contributed by atoms with Crippen molar-refractivity contribution in [3.8, 4) is 0 Å². The van der Waals surface area contributed by atoms with Gasteiger partial charge in [0.25, 0.3) is 0 Å². The lowest BCUT2D eigenvalue weighted by molar-refractivity contribution is 0.637. The zero-order valence-corrected chi connectivity index (χ0v) is 12.4. The molecule has 1 aliphatic heterocycles. The minimum atomic E-state index is 0.459. The number of anilines is 2. The molecule has 0 aliphatic carbocycles. The van der Waals surface area contributed by atoms with Crippen LogP contribution in [0.2, 0.25) is 0 Å². The zero-order valence-electron chi connectivity index (χ0n) is 12.4. The average molecular weight is 283 g/mol. The first-order chi connectivity index (χ1) is 10.3. The van der Waals surface area contributed by atoms with E-state index in [2.05, 4.69) is 50.1 Å². The molecule has 1 aromatic heterocycles. The number of hydrogen-bond donors (Lipinski definition) is 1. The van der Waals surface area contributed by atoms with Crippen LogP contribution in [0.4, 0.5) is 11.6 Å². The molecule has 0 atom stereocenters. The summed E-state index contributed by atoms with van der Waals surface area (Å²) in [6.45, 7) is 6.29. The summed E-state index contributed by atoms with van der Waals surface area (Å²) in [5.74, 6) is 0.808. The molecule has 0 radical (unpaired) electrons. The molecule has 2 N–H and O–H groups in total. The highest BCUT2D eigenvalue weighted by Gasteiger charge is 2.19. The monoisotopic (exact) mass is 283 g/mol. The summed E-state index contributed by atoms with van der Waals surface area (Å²) in [7, 11) is 0. The molecular formula is C16H21N5. The Morgan fingerprint density at radius 2 is 1.67 bits per heavy atom. The molecule has 110 valence electrons. The number of hydrogen-bond acceptors (Lipinski definition) is 5. The van der Waals surface area contributed by atoms with Crippen LogP contribution in [0.5, 0.6) is 0 Å². The SMILES string of the molecule is Cc1cc(CN)nc(N2CCN(c3ccccc3)CC2)n1. The minimum Gasteiger partial charge on any atom is -0.368 e. The third-order valence-corrected chi connectivity index (χ3v) is 3.79. The van der Waals surface area contributed by atoms with E-state index in [1.165, 1.54) is 5.69 Å². The summed E-state index contributed by atoms with van der Waals surface area (Å²) >= 11 is 0. The fourth-order valence-electron chi connectivity index (χ4n) is 2.67. The predicted octanol–water partition coefficient (Wildman–Crippen LogP) is 1.57. The maximum Gasteiger partial charge on any atom is 0.225 e. The van der Waals surface area contributed by atoms with Crippen molar-refractivity contribution in [1.82, 2.24) is 9.97 Å². The highest BCUT2D eigenvalue weighted by Crippen LogP contribution is 2.18. The van der Waals surface area contributed by atoms with Gasteiger partial charge in [0, 0.05) is 44.1 Å². The van der Waals surface area contributed by atoms with E-state index in [4.69, 9.17) is 5.73 Å². The van der Waals surface area contributed by atoms with Crippen molar-refractivity contribution in [2.75, 3.05) is 36.0 Å². The van der Waals surface area contributed by atoms with Crippen molar-refractivity contribution in [2.45, 2.75) is 13.5 Å². The second-order valence-corrected chi connectivity index (χ2v) is 5.31. The van der Waals surface area contributed by atoms with Gasteiger partial charge in [-0.3, -0.25) is 0 Å². The average Bonchev–Trinajstić information content (AvgIpc) is 2.55. The summed E-state index contributed by atoms with van der Waals surface area (Å²) in [4.78, 5) is 13.7. The van der Waals surface area contributed by atoms with Crippen molar-refractivity contribution in [3.63, 3.8) is 0 Å². The molecule has 3 rings (SSSR count). The van der Waals surface area contributed by atoms with Crippen LogP contribution < -0.4 is 15.5 Å². The Labute approximate surface area is 125 Å². The Kier molecular flexibility index (Phi) is 4.01. The van der Waals surface area contributed by atoms with Crippen LogP contribution in [-0.4, -0.2) is 36.1 Å². The Bertz CT molecular complexity index is 591. The lowest BCUT2D eigenvalue weighted by atomic mass is 10.2. The van der Waals surface area contributed by atoms with Crippen LogP contribution in [0.15, 0.2) is 36.4 Å². The van der Waals surface area contributed by atoms with Crippen LogP contribution in [0.1, 0.15) is 11.4 Å². The van der Waals surface area contributed by atoms with Crippen LogP contribution in [-0.2, 0) is 6.54 Å². The maximum absolute atomic E-state index is 5.70. The molecule has 1 fully saturated rings. The van der Waals surface area contributed by atoms with Gasteiger partial charge >= 0.3 is 0 Å². The van der Waals surface area contributed by atoms with Gasteiger partial charge in [0.2, 0.25) is 5.95 Å². The molecule has 1 aromatic carbocycles. The van der Waals surface area contributed by atoms with Crippen molar-refractivity contribution in [1.29, 1.82) is 0 Å². The third-order valence-electron chi connectivity index (χ3n) is 3.79. The molecule has 5 heteroatoms. The standard InChI is InChI=1S/C16H21N5/c1-13-11-14(12-17)19-16(18-13)21-9-7-20(8-10-21)15-5-3-2-4-6-15/h2-6,11H,7-10,12,17H2,1H3. The normalized spacial score (nSPS) is 15.3. The van der Waals surface area contributed by atoms with Crippen molar-refractivity contribution >= 4 is 11.6 Å². The smallest absolute Gasteiger partial charge is 0.225 e. The van der Waals surface area contributed by atoms with Crippen LogP contribution in [0.3, 0.4) is 0 Å². The minimum absolute atomic E-state index is 0.459. The number of aromatic nitrogens is 2. The van der Waals surface area contributed by atoms with E-state index in [1.807, 2.05) is 13.0 Å². The van der Waals surface area contributed by atoms with Gasteiger partial charge in [-0.05, 0) is 25.1 Å². The second kappa shape index (κ2) is 6.10. The second-order valence-electron chi connectivity index (χ2n) is 5.31. The van der Waals surface area contributed by atoms with Gasteiger partial charge in [-0.25, -0.2) is 9.97 Å². The molecule has 0 bridgehead atoms. The number of benzene rings is 1. The van der Waals surface area contributed by atoms with Gasteiger partial charge < -0.3 is 15.5 Å². The van der Waals surface area contributed by atoms with Gasteiger partial charge in [0.15, 0.2) is 0 Å². The number of aryl methyl sites for hydroxylation is 1. The largest absolute Gasteiger partial charge is 0.368 e. The van der Waals surface area contributed by atoms with Crippen LogP contribution in [0.25, 0.3) is 0 Å². The van der Waals surface area contributed by atoms with E-state index in [0.29, 0.717) is 6.54 Å². The summed E-state index contributed by atoms with van der Waals surface area (Å²) in [6, 6.07) is 12.5. The van der Waals surface area contributed by atoms with E-state index >= 15 is 0 Å². The van der Waals surface area contributed by atoms with E-state index in [9.17, 15) is 0 Å². The number of rotatable bonds is 3. The molecule has 5 nitrogen and oxygen atoms in total. The van der Waals surface area contributed by atoms with Crippen molar-refractivity contribution in [3.05, 3.63) is 47.8 Å². The maximum atomic E-state index is 5.70. The zero-order chi connectivity index (χ0) is 14.7. The lowest BCUT2D eigenvalue weighted by Gasteiger charge is -2.36.